The molecule has 1 aromatic carbocycles. The highest BCUT2D eigenvalue weighted by Crippen LogP contribution is 2.33. The van der Waals surface area contributed by atoms with Crippen LogP contribution in [-0.4, -0.2) is 17.9 Å². The molecule has 1 aromatic rings. The molecule has 0 heterocycles. The Morgan fingerprint density at radius 3 is 2.44 bits per heavy atom. The first-order chi connectivity index (χ1) is 7.59. The molecule has 1 aliphatic rings. The minimum Gasteiger partial charge on any atom is -0.339 e. The van der Waals surface area contributed by atoms with Crippen LogP contribution in [0.25, 0.3) is 0 Å². The number of benzene rings is 1. The van der Waals surface area contributed by atoms with Crippen molar-refractivity contribution in [2.24, 2.45) is 5.92 Å². The molecular formula is C13H16ClNO. The van der Waals surface area contributed by atoms with Gasteiger partial charge in [-0.2, -0.15) is 0 Å². The van der Waals surface area contributed by atoms with Gasteiger partial charge in [0, 0.05) is 18.0 Å². The standard InChI is InChI=1S/C13H16ClNO/c1-9(10-5-7-12(14)8-6-10)15(2)13(16)11-3-4-11/h5-9,11H,3-4H2,1-2H3. The van der Waals surface area contributed by atoms with Gasteiger partial charge in [0.1, 0.15) is 0 Å². The van der Waals surface area contributed by atoms with Crippen molar-refractivity contribution < 1.29 is 4.79 Å². The van der Waals surface area contributed by atoms with Gasteiger partial charge in [-0.15, -0.1) is 0 Å². The summed E-state index contributed by atoms with van der Waals surface area (Å²) in [7, 11) is 1.87. The van der Waals surface area contributed by atoms with Gasteiger partial charge in [0.25, 0.3) is 0 Å². The molecule has 0 N–H and O–H groups in total. The second-order valence-electron chi connectivity index (χ2n) is 4.45. The van der Waals surface area contributed by atoms with Crippen LogP contribution in [0.3, 0.4) is 0 Å². The molecule has 2 nitrogen and oxygen atoms in total. The summed E-state index contributed by atoms with van der Waals surface area (Å²) in [5.74, 6) is 0.544. The van der Waals surface area contributed by atoms with Crippen LogP contribution in [0.5, 0.6) is 0 Å². The van der Waals surface area contributed by atoms with Crippen molar-refractivity contribution in [1.82, 2.24) is 4.90 Å². The van der Waals surface area contributed by atoms with Gasteiger partial charge in [-0.05, 0) is 37.5 Å². The van der Waals surface area contributed by atoms with Crippen molar-refractivity contribution in [3.8, 4) is 0 Å². The van der Waals surface area contributed by atoms with Crippen molar-refractivity contribution >= 4 is 17.5 Å². The van der Waals surface area contributed by atoms with Gasteiger partial charge in [0.15, 0.2) is 0 Å². The number of carbonyl (C=O) groups excluding carboxylic acids is 1. The highest BCUT2D eigenvalue weighted by Gasteiger charge is 2.33. The van der Waals surface area contributed by atoms with E-state index in [0.717, 1.165) is 23.4 Å². The van der Waals surface area contributed by atoms with E-state index in [1.807, 2.05) is 43.1 Å². The highest BCUT2D eigenvalue weighted by molar-refractivity contribution is 6.30. The molecule has 1 unspecified atom stereocenters. The molecule has 0 saturated heterocycles. The molecule has 86 valence electrons. The Morgan fingerprint density at radius 1 is 1.38 bits per heavy atom. The van der Waals surface area contributed by atoms with Gasteiger partial charge < -0.3 is 4.90 Å². The zero-order valence-electron chi connectivity index (χ0n) is 9.61. The van der Waals surface area contributed by atoms with Crippen molar-refractivity contribution in [2.75, 3.05) is 7.05 Å². The van der Waals surface area contributed by atoms with Gasteiger partial charge in [0.2, 0.25) is 5.91 Å². The van der Waals surface area contributed by atoms with Gasteiger partial charge >= 0.3 is 0 Å². The summed E-state index contributed by atoms with van der Waals surface area (Å²) in [6.45, 7) is 2.05. The average Bonchev–Trinajstić information content (AvgIpc) is 3.11. The van der Waals surface area contributed by atoms with Gasteiger partial charge in [-0.25, -0.2) is 0 Å². The molecule has 16 heavy (non-hydrogen) atoms. The third-order valence-electron chi connectivity index (χ3n) is 3.21. The Bertz CT molecular complexity index is 383. The summed E-state index contributed by atoms with van der Waals surface area (Å²) < 4.78 is 0. The third-order valence-corrected chi connectivity index (χ3v) is 3.46. The predicted molar refractivity (Wildman–Crippen MR) is 65.4 cm³/mol. The Hall–Kier alpha value is -1.02. The smallest absolute Gasteiger partial charge is 0.225 e. The summed E-state index contributed by atoms with van der Waals surface area (Å²) in [4.78, 5) is 13.7. The largest absolute Gasteiger partial charge is 0.339 e. The number of hydrogen-bond acceptors (Lipinski definition) is 1. The summed E-state index contributed by atoms with van der Waals surface area (Å²) in [5.41, 5.74) is 1.13. The average molecular weight is 238 g/mol. The molecule has 0 aliphatic heterocycles. The molecule has 0 radical (unpaired) electrons. The van der Waals surface area contributed by atoms with Gasteiger partial charge in [-0.3, -0.25) is 4.79 Å². The van der Waals surface area contributed by atoms with Crippen molar-refractivity contribution in [3.63, 3.8) is 0 Å². The molecule has 2 rings (SSSR count). The predicted octanol–water partition coefficient (Wildman–Crippen LogP) is 3.27. The molecule has 1 fully saturated rings. The van der Waals surface area contributed by atoms with Gasteiger partial charge in [-0.1, -0.05) is 23.7 Å². The zero-order chi connectivity index (χ0) is 11.7. The summed E-state index contributed by atoms with van der Waals surface area (Å²) in [6, 6.07) is 7.80. The monoisotopic (exact) mass is 237 g/mol. The summed E-state index contributed by atoms with van der Waals surface area (Å²) in [5, 5.41) is 0.729. The molecule has 0 aromatic heterocycles. The minimum atomic E-state index is 0.116. The fourth-order valence-corrected chi connectivity index (χ4v) is 1.90. The SMILES string of the molecule is CC(c1ccc(Cl)cc1)N(C)C(=O)C1CC1. The Kier molecular flexibility index (Phi) is 3.20. The van der Waals surface area contributed by atoms with Crippen molar-refractivity contribution in [1.29, 1.82) is 0 Å². The van der Waals surface area contributed by atoms with Crippen LogP contribution in [0.1, 0.15) is 31.4 Å². The maximum absolute atomic E-state index is 11.9. The maximum Gasteiger partial charge on any atom is 0.225 e. The molecule has 0 bridgehead atoms. The minimum absolute atomic E-state index is 0.116. The van der Waals surface area contributed by atoms with Crippen LogP contribution in [0, 0.1) is 5.92 Å². The van der Waals surface area contributed by atoms with Gasteiger partial charge in [0.05, 0.1) is 6.04 Å². The Morgan fingerprint density at radius 2 is 1.94 bits per heavy atom. The number of amides is 1. The Labute approximate surface area is 101 Å². The summed E-state index contributed by atoms with van der Waals surface area (Å²) in [6.07, 6.45) is 2.10. The number of halogens is 1. The van der Waals surface area contributed by atoms with E-state index in [9.17, 15) is 4.79 Å². The zero-order valence-corrected chi connectivity index (χ0v) is 10.4. The molecule has 1 aliphatic carbocycles. The van der Waals surface area contributed by atoms with E-state index in [1.54, 1.807) is 0 Å². The third kappa shape index (κ3) is 2.38. The molecule has 1 amide bonds. The van der Waals surface area contributed by atoms with E-state index in [1.165, 1.54) is 0 Å². The summed E-state index contributed by atoms with van der Waals surface area (Å²) >= 11 is 5.84. The van der Waals surface area contributed by atoms with E-state index >= 15 is 0 Å². The lowest BCUT2D eigenvalue weighted by Crippen LogP contribution is -2.30. The lowest BCUT2D eigenvalue weighted by molar-refractivity contribution is -0.133. The molecular weight excluding hydrogens is 222 g/mol. The molecule has 0 spiro atoms. The van der Waals surface area contributed by atoms with Crippen LogP contribution in [0.2, 0.25) is 5.02 Å². The van der Waals surface area contributed by atoms with Crippen molar-refractivity contribution in [3.05, 3.63) is 34.9 Å². The lowest BCUT2D eigenvalue weighted by Gasteiger charge is -2.25. The second-order valence-corrected chi connectivity index (χ2v) is 4.89. The first-order valence-corrected chi connectivity index (χ1v) is 5.99. The fraction of sp³-hybridized carbons (Fsp3) is 0.462. The number of hydrogen-bond donors (Lipinski definition) is 0. The number of rotatable bonds is 3. The number of nitrogens with zero attached hydrogens (tertiary/aromatic N) is 1. The van der Waals surface area contributed by atoms with E-state index in [0.29, 0.717) is 0 Å². The molecule has 1 saturated carbocycles. The van der Waals surface area contributed by atoms with Crippen molar-refractivity contribution in [2.45, 2.75) is 25.8 Å². The second kappa shape index (κ2) is 4.46. The van der Waals surface area contributed by atoms with Crippen LogP contribution in [0.15, 0.2) is 24.3 Å². The van der Waals surface area contributed by atoms with E-state index in [4.69, 9.17) is 11.6 Å². The van der Waals surface area contributed by atoms with Crippen LogP contribution in [-0.2, 0) is 4.79 Å². The Balaban J connectivity index is 2.08. The molecule has 3 heteroatoms. The van der Waals surface area contributed by atoms with Crippen LogP contribution < -0.4 is 0 Å². The topological polar surface area (TPSA) is 20.3 Å². The van der Waals surface area contributed by atoms with E-state index < -0.39 is 0 Å². The van der Waals surface area contributed by atoms with E-state index in [-0.39, 0.29) is 17.9 Å². The van der Waals surface area contributed by atoms with Crippen LogP contribution in [0.4, 0.5) is 0 Å². The van der Waals surface area contributed by atoms with E-state index in [2.05, 4.69) is 0 Å². The quantitative estimate of drug-likeness (QED) is 0.790. The maximum atomic E-state index is 11.9. The first-order valence-electron chi connectivity index (χ1n) is 5.61. The number of carbonyl (C=O) groups is 1. The lowest BCUT2D eigenvalue weighted by atomic mass is 10.1. The normalized spacial score (nSPS) is 16.9. The molecule has 1 atom stereocenters. The van der Waals surface area contributed by atoms with Crippen LogP contribution >= 0.6 is 11.6 Å². The first kappa shape index (κ1) is 11.5. The fourth-order valence-electron chi connectivity index (χ4n) is 1.77. The highest BCUT2D eigenvalue weighted by atomic mass is 35.5.